The lowest BCUT2D eigenvalue weighted by molar-refractivity contribution is -0.159. The van der Waals surface area contributed by atoms with Gasteiger partial charge in [-0.1, -0.05) is 30.2 Å². The van der Waals surface area contributed by atoms with Crippen molar-refractivity contribution in [2.45, 2.75) is 44.8 Å². The van der Waals surface area contributed by atoms with E-state index in [0.29, 0.717) is 11.6 Å². The number of nitrogens with zero attached hydrogens (tertiary/aromatic N) is 1. The van der Waals surface area contributed by atoms with Gasteiger partial charge in [0.15, 0.2) is 5.76 Å². The van der Waals surface area contributed by atoms with Crippen molar-refractivity contribution in [1.82, 2.24) is 4.90 Å². The number of carbonyl (C=O) groups is 2. The summed E-state index contributed by atoms with van der Waals surface area (Å²) < 4.78 is 11.0. The topological polar surface area (TPSA) is 55.8 Å². The maximum Gasteiger partial charge on any atom is 0.325 e. The Morgan fingerprint density at radius 1 is 1.32 bits per heavy atom. The molecule has 134 valence electrons. The van der Waals surface area contributed by atoms with Gasteiger partial charge in [-0.25, -0.2) is 0 Å². The predicted octanol–water partition coefficient (Wildman–Crippen LogP) is 3.41. The maximum absolute atomic E-state index is 12.9. The normalized spacial score (nSPS) is 24.6. The van der Waals surface area contributed by atoms with Crippen molar-refractivity contribution >= 4 is 29.6 Å². The zero-order valence-corrected chi connectivity index (χ0v) is 15.0. The van der Waals surface area contributed by atoms with Crippen LogP contribution in [0, 0.1) is 0 Å². The van der Waals surface area contributed by atoms with E-state index in [1.807, 2.05) is 12.1 Å². The fourth-order valence-electron chi connectivity index (χ4n) is 3.42. The molecule has 3 rings (SSSR count). The van der Waals surface area contributed by atoms with Gasteiger partial charge in [-0.05, 0) is 50.0 Å². The second kappa shape index (κ2) is 7.91. The molecule has 0 spiro atoms. The smallest absolute Gasteiger partial charge is 0.325 e. The van der Waals surface area contributed by atoms with Crippen LogP contribution in [0.25, 0.3) is 6.08 Å². The summed E-state index contributed by atoms with van der Waals surface area (Å²) >= 11 is 5.91. The highest BCUT2D eigenvalue weighted by molar-refractivity contribution is 6.30. The minimum atomic E-state index is -0.382. The molecule has 1 amide bonds. The summed E-state index contributed by atoms with van der Waals surface area (Å²) in [5.74, 6) is -0.367. The highest BCUT2D eigenvalue weighted by atomic mass is 35.5. The van der Waals surface area contributed by atoms with Gasteiger partial charge >= 0.3 is 5.97 Å². The molecule has 5 nitrogen and oxygen atoms in total. The molecule has 2 fully saturated rings. The monoisotopic (exact) mass is 363 g/mol. The summed E-state index contributed by atoms with van der Waals surface area (Å²) in [6.45, 7) is 2.03. The molecule has 0 bridgehead atoms. The first-order valence-corrected chi connectivity index (χ1v) is 9.07. The molecular formula is C19H22ClNO4. The lowest BCUT2D eigenvalue weighted by atomic mass is 9.89. The van der Waals surface area contributed by atoms with Crippen molar-refractivity contribution in [2.75, 3.05) is 13.2 Å². The maximum atomic E-state index is 12.9. The Morgan fingerprint density at radius 2 is 2.04 bits per heavy atom. The molecule has 25 heavy (non-hydrogen) atoms. The Morgan fingerprint density at radius 3 is 2.76 bits per heavy atom. The molecule has 1 aliphatic heterocycles. The van der Waals surface area contributed by atoms with Crippen LogP contribution in [0.1, 0.15) is 38.2 Å². The van der Waals surface area contributed by atoms with E-state index in [1.54, 1.807) is 30.0 Å². The second-order valence-electron chi connectivity index (χ2n) is 6.31. The lowest BCUT2D eigenvalue weighted by Gasteiger charge is -2.44. The van der Waals surface area contributed by atoms with Crippen LogP contribution in [-0.4, -0.2) is 42.1 Å². The lowest BCUT2D eigenvalue weighted by Crippen LogP contribution is -2.56. The molecule has 1 aromatic carbocycles. The number of esters is 1. The fourth-order valence-corrected chi connectivity index (χ4v) is 3.54. The van der Waals surface area contributed by atoms with Crippen LogP contribution in [-0.2, 0) is 19.1 Å². The molecule has 1 heterocycles. The molecule has 0 aromatic heterocycles. The molecule has 0 radical (unpaired) electrons. The van der Waals surface area contributed by atoms with E-state index >= 15 is 0 Å². The van der Waals surface area contributed by atoms with Gasteiger partial charge in [-0.15, -0.1) is 0 Å². The Bertz CT molecular complexity index is 671. The molecule has 1 saturated carbocycles. The highest BCUT2D eigenvalue weighted by Gasteiger charge is 2.42. The summed E-state index contributed by atoms with van der Waals surface area (Å²) in [4.78, 5) is 26.5. The Hall–Kier alpha value is -2.01. The third-order valence-electron chi connectivity index (χ3n) is 4.59. The van der Waals surface area contributed by atoms with Crippen LogP contribution in [0.2, 0.25) is 5.02 Å². The third-order valence-corrected chi connectivity index (χ3v) is 4.84. The average molecular weight is 364 g/mol. The van der Waals surface area contributed by atoms with Gasteiger partial charge in [0.1, 0.15) is 12.6 Å². The van der Waals surface area contributed by atoms with Crippen LogP contribution in [0.4, 0.5) is 0 Å². The highest BCUT2D eigenvalue weighted by Crippen LogP contribution is 2.33. The van der Waals surface area contributed by atoms with Crippen molar-refractivity contribution in [3.8, 4) is 0 Å². The first kappa shape index (κ1) is 17.8. The average Bonchev–Trinajstić information content (AvgIpc) is 2.60. The van der Waals surface area contributed by atoms with Crippen LogP contribution in [0.3, 0.4) is 0 Å². The largest absolute Gasteiger partial charge is 0.482 e. The van der Waals surface area contributed by atoms with Gasteiger partial charge in [0, 0.05) is 5.02 Å². The molecule has 1 saturated heterocycles. The number of ether oxygens (including phenoxy) is 2. The van der Waals surface area contributed by atoms with Gasteiger partial charge in [0.05, 0.1) is 12.6 Å². The van der Waals surface area contributed by atoms with E-state index in [9.17, 15) is 9.59 Å². The number of hydrogen-bond acceptors (Lipinski definition) is 4. The molecule has 2 atom stereocenters. The van der Waals surface area contributed by atoms with Gasteiger partial charge in [-0.2, -0.15) is 0 Å². The molecule has 6 heteroatoms. The van der Waals surface area contributed by atoms with Crippen molar-refractivity contribution in [1.29, 1.82) is 0 Å². The van der Waals surface area contributed by atoms with E-state index in [4.69, 9.17) is 21.1 Å². The van der Waals surface area contributed by atoms with Crippen molar-refractivity contribution in [3.05, 3.63) is 40.6 Å². The van der Waals surface area contributed by atoms with Crippen LogP contribution in [0.5, 0.6) is 0 Å². The Balaban J connectivity index is 1.85. The van der Waals surface area contributed by atoms with Gasteiger partial charge < -0.3 is 14.4 Å². The van der Waals surface area contributed by atoms with Gasteiger partial charge in [-0.3, -0.25) is 9.59 Å². The molecule has 1 aromatic rings. The van der Waals surface area contributed by atoms with Crippen molar-refractivity contribution < 1.29 is 19.1 Å². The summed E-state index contributed by atoms with van der Waals surface area (Å²) in [5, 5.41) is 0.634. The molecule has 2 unspecified atom stereocenters. The number of benzene rings is 1. The Labute approximate surface area is 152 Å². The standard InChI is InChI=1S/C19H22ClNO4/c1-2-24-18(22)12-21-15-5-3-4-6-16(15)25-17(19(21)23)11-13-7-9-14(20)10-8-13/h7-11,15-16H,2-6,12H2,1H3/b17-11-. The number of amides is 1. The predicted molar refractivity (Wildman–Crippen MR) is 94.9 cm³/mol. The molecule has 2 aliphatic rings. The minimum Gasteiger partial charge on any atom is -0.482 e. The van der Waals surface area contributed by atoms with Crippen LogP contribution >= 0.6 is 11.6 Å². The van der Waals surface area contributed by atoms with Crippen LogP contribution < -0.4 is 0 Å². The summed E-state index contributed by atoms with van der Waals surface area (Å²) in [6.07, 6.45) is 5.48. The van der Waals surface area contributed by atoms with E-state index < -0.39 is 0 Å². The van der Waals surface area contributed by atoms with Crippen LogP contribution in [0.15, 0.2) is 30.0 Å². The number of halogens is 1. The minimum absolute atomic E-state index is 0.0326. The summed E-state index contributed by atoms with van der Waals surface area (Å²) in [7, 11) is 0. The SMILES string of the molecule is CCOC(=O)CN1C(=O)/C(=C/c2ccc(Cl)cc2)OC2CCCCC21. The fraction of sp³-hybridized carbons (Fsp3) is 0.474. The van der Waals surface area contributed by atoms with E-state index in [1.165, 1.54) is 0 Å². The number of morpholine rings is 1. The number of rotatable bonds is 4. The van der Waals surface area contributed by atoms with E-state index in [2.05, 4.69) is 0 Å². The van der Waals surface area contributed by atoms with Gasteiger partial charge in [0.2, 0.25) is 0 Å². The van der Waals surface area contributed by atoms with E-state index in [0.717, 1.165) is 31.2 Å². The quantitative estimate of drug-likeness (QED) is 0.607. The first-order chi connectivity index (χ1) is 12.1. The molecular weight excluding hydrogens is 342 g/mol. The van der Waals surface area contributed by atoms with Gasteiger partial charge in [0.25, 0.3) is 5.91 Å². The van der Waals surface area contributed by atoms with E-state index in [-0.39, 0.29) is 36.3 Å². The zero-order chi connectivity index (χ0) is 17.8. The number of carbonyl (C=O) groups excluding carboxylic acids is 2. The van der Waals surface area contributed by atoms with Crippen molar-refractivity contribution in [3.63, 3.8) is 0 Å². The molecule has 1 aliphatic carbocycles. The first-order valence-electron chi connectivity index (χ1n) is 8.69. The summed E-state index contributed by atoms with van der Waals surface area (Å²) in [6, 6.07) is 7.12. The third kappa shape index (κ3) is 4.15. The second-order valence-corrected chi connectivity index (χ2v) is 6.74. The number of hydrogen-bond donors (Lipinski definition) is 0. The molecule has 0 N–H and O–H groups in total. The number of fused-ring (bicyclic) bond motifs is 1. The zero-order valence-electron chi connectivity index (χ0n) is 14.2. The Kier molecular flexibility index (Phi) is 5.63. The summed E-state index contributed by atoms with van der Waals surface area (Å²) in [5.41, 5.74) is 0.832. The van der Waals surface area contributed by atoms with Crippen molar-refractivity contribution in [2.24, 2.45) is 0 Å².